The number of alkyl halides is 3. The van der Waals surface area contributed by atoms with Crippen LogP contribution in [-0.2, 0) is 27.0 Å². The molecule has 5 rings (SSSR count). The Kier molecular flexibility index (Phi) is 8.20. The molecule has 40 heavy (non-hydrogen) atoms. The van der Waals surface area contributed by atoms with Crippen LogP contribution in [0.1, 0.15) is 23.6 Å². The first-order valence-corrected chi connectivity index (χ1v) is 13.8. The lowest BCUT2D eigenvalue weighted by Gasteiger charge is -2.34. The zero-order valence-electron chi connectivity index (χ0n) is 21.4. The first-order chi connectivity index (χ1) is 19.1. The van der Waals surface area contributed by atoms with Crippen molar-refractivity contribution in [1.82, 2.24) is 19.6 Å². The lowest BCUT2D eigenvalue weighted by atomic mass is 10.1. The monoisotopic (exact) mass is 591 g/mol. The molecule has 0 N–H and O–H groups in total. The maximum absolute atomic E-state index is 13.5. The largest absolute Gasteiger partial charge is 0.465 e. The van der Waals surface area contributed by atoms with Crippen LogP contribution in [0.3, 0.4) is 0 Å². The van der Waals surface area contributed by atoms with Gasteiger partial charge >= 0.3 is 12.1 Å². The molecular weight excluding hydrogens is 567 g/mol. The molecule has 3 aromatic rings. The average Bonchev–Trinajstić information content (AvgIpc) is 3.47. The van der Waals surface area contributed by atoms with E-state index < -0.39 is 11.7 Å². The molecule has 0 bridgehead atoms. The summed E-state index contributed by atoms with van der Waals surface area (Å²) in [4.78, 5) is 33.1. The number of carbonyl (C=O) groups excluding carboxylic acids is 2. The normalized spacial score (nSPS) is 17.6. The smallest absolute Gasteiger partial charge is 0.416 e. The number of fused-ring (bicyclic) bond motifs is 1. The van der Waals surface area contributed by atoms with E-state index in [4.69, 9.17) is 16.3 Å². The molecule has 1 aromatic heterocycles. The van der Waals surface area contributed by atoms with Crippen molar-refractivity contribution in [3.05, 3.63) is 69.2 Å². The molecule has 8 nitrogen and oxygen atoms in total. The van der Waals surface area contributed by atoms with Crippen molar-refractivity contribution in [2.24, 2.45) is 4.99 Å². The summed E-state index contributed by atoms with van der Waals surface area (Å²) in [5, 5.41) is 5.67. The fourth-order valence-corrected chi connectivity index (χ4v) is 5.74. The summed E-state index contributed by atoms with van der Waals surface area (Å²) in [6, 6.07) is 9.10. The fraction of sp³-hybridized carbons (Fsp3) is 0.333. The number of thioether (sulfide) groups is 1. The third kappa shape index (κ3) is 6.34. The lowest BCUT2D eigenvalue weighted by Crippen LogP contribution is -2.49. The SMILES string of the molecule is CCOC(=O)CN1CCN(C2=NC(=O)/C(=C/c3ccc4c(cnn4Cc4ccc(Cl)cc4C(F)(F)F)c3)S2)CC1. The highest BCUT2D eigenvalue weighted by Crippen LogP contribution is 2.35. The van der Waals surface area contributed by atoms with E-state index >= 15 is 0 Å². The minimum absolute atomic E-state index is 0.0156. The number of carbonyl (C=O) groups is 2. The number of rotatable bonds is 6. The summed E-state index contributed by atoms with van der Waals surface area (Å²) in [6.07, 6.45) is -1.20. The zero-order valence-corrected chi connectivity index (χ0v) is 23.0. The van der Waals surface area contributed by atoms with Crippen LogP contribution in [-0.4, -0.2) is 76.0 Å². The predicted molar refractivity (Wildman–Crippen MR) is 148 cm³/mol. The molecule has 0 aliphatic carbocycles. The van der Waals surface area contributed by atoms with Crippen LogP contribution in [0.15, 0.2) is 52.5 Å². The predicted octanol–water partition coefficient (Wildman–Crippen LogP) is 4.91. The molecule has 13 heteroatoms. The number of benzene rings is 2. The molecule has 1 amide bonds. The van der Waals surface area contributed by atoms with Crippen molar-refractivity contribution in [1.29, 1.82) is 0 Å². The fourth-order valence-electron chi connectivity index (χ4n) is 4.60. The van der Waals surface area contributed by atoms with Crippen LogP contribution in [0.2, 0.25) is 5.02 Å². The molecule has 0 radical (unpaired) electrons. The summed E-state index contributed by atoms with van der Waals surface area (Å²) in [5.74, 6) is -0.574. The van der Waals surface area contributed by atoms with Crippen LogP contribution in [0.25, 0.3) is 17.0 Å². The number of nitrogens with zero attached hydrogens (tertiary/aromatic N) is 5. The topological polar surface area (TPSA) is 80.0 Å². The number of hydrogen-bond acceptors (Lipinski definition) is 7. The van der Waals surface area contributed by atoms with Crippen molar-refractivity contribution in [2.75, 3.05) is 39.3 Å². The van der Waals surface area contributed by atoms with Crippen LogP contribution in [0.5, 0.6) is 0 Å². The Morgan fingerprint density at radius 3 is 2.65 bits per heavy atom. The van der Waals surface area contributed by atoms with Crippen LogP contribution < -0.4 is 0 Å². The van der Waals surface area contributed by atoms with Crippen molar-refractivity contribution in [3.8, 4) is 0 Å². The van der Waals surface area contributed by atoms with Gasteiger partial charge in [0.1, 0.15) is 0 Å². The van der Waals surface area contributed by atoms with E-state index in [0.717, 1.165) is 17.0 Å². The van der Waals surface area contributed by atoms with Gasteiger partial charge in [0.2, 0.25) is 0 Å². The Morgan fingerprint density at radius 1 is 1.15 bits per heavy atom. The van der Waals surface area contributed by atoms with E-state index in [0.29, 0.717) is 48.4 Å². The van der Waals surface area contributed by atoms with Crippen LogP contribution in [0, 0.1) is 0 Å². The van der Waals surface area contributed by atoms with Crippen LogP contribution >= 0.6 is 23.4 Å². The standard InChI is InChI=1S/C27H25ClF3N5O3S/c1-2-39-24(37)16-34-7-9-35(10-8-34)26-33-25(38)23(40-26)12-17-3-6-22-19(11-17)14-32-36(22)15-18-4-5-20(28)13-21(18)27(29,30)31/h3-6,11-14H,2,7-10,15-16H2,1H3/b23-12-. The summed E-state index contributed by atoms with van der Waals surface area (Å²) in [7, 11) is 0. The number of aromatic nitrogens is 2. The Hall–Kier alpha value is -3.35. The van der Waals surface area contributed by atoms with Gasteiger partial charge in [0, 0.05) is 36.6 Å². The number of halogens is 4. The first kappa shape index (κ1) is 28.2. The maximum atomic E-state index is 13.5. The van der Waals surface area contributed by atoms with Gasteiger partial charge in [-0.05, 0) is 60.2 Å². The van der Waals surface area contributed by atoms with Gasteiger partial charge in [-0.15, -0.1) is 0 Å². The van der Waals surface area contributed by atoms with Gasteiger partial charge in [-0.2, -0.15) is 23.3 Å². The molecule has 2 aliphatic rings. The Balaban J connectivity index is 1.26. The molecule has 0 unspecified atom stereocenters. The molecule has 1 fully saturated rings. The molecule has 0 saturated carbocycles. The molecule has 210 valence electrons. The van der Waals surface area contributed by atoms with E-state index in [1.54, 1.807) is 31.3 Å². The van der Waals surface area contributed by atoms with Gasteiger partial charge in [-0.3, -0.25) is 19.2 Å². The molecular formula is C27H25ClF3N5O3S. The summed E-state index contributed by atoms with van der Waals surface area (Å²) in [5.41, 5.74) is 0.680. The van der Waals surface area contributed by atoms with Gasteiger partial charge in [0.25, 0.3) is 5.91 Å². The Morgan fingerprint density at radius 2 is 1.93 bits per heavy atom. The van der Waals surface area contributed by atoms with Gasteiger partial charge in [0.05, 0.1) is 41.9 Å². The van der Waals surface area contributed by atoms with Gasteiger partial charge in [-0.25, -0.2) is 0 Å². The van der Waals surface area contributed by atoms with Crippen molar-refractivity contribution in [3.63, 3.8) is 0 Å². The number of aliphatic imine (C=N–C) groups is 1. The van der Waals surface area contributed by atoms with E-state index in [1.807, 2.05) is 15.9 Å². The zero-order chi connectivity index (χ0) is 28.4. The van der Waals surface area contributed by atoms with E-state index in [9.17, 15) is 22.8 Å². The highest BCUT2D eigenvalue weighted by atomic mass is 35.5. The summed E-state index contributed by atoms with van der Waals surface area (Å²) < 4.78 is 47.1. The first-order valence-electron chi connectivity index (χ1n) is 12.6. The Labute approximate surface area is 237 Å². The lowest BCUT2D eigenvalue weighted by molar-refractivity contribution is -0.144. The molecule has 0 spiro atoms. The minimum atomic E-state index is -4.54. The van der Waals surface area contributed by atoms with Gasteiger partial charge in [-0.1, -0.05) is 23.7 Å². The minimum Gasteiger partial charge on any atom is -0.465 e. The molecule has 1 saturated heterocycles. The number of hydrogen-bond donors (Lipinski definition) is 0. The van der Waals surface area contributed by atoms with E-state index in [2.05, 4.69) is 10.1 Å². The summed E-state index contributed by atoms with van der Waals surface area (Å²) >= 11 is 7.10. The highest BCUT2D eigenvalue weighted by molar-refractivity contribution is 8.18. The Bertz CT molecular complexity index is 1510. The second-order valence-electron chi connectivity index (χ2n) is 9.30. The molecule has 0 atom stereocenters. The molecule has 3 heterocycles. The van der Waals surface area contributed by atoms with E-state index in [-0.39, 0.29) is 35.6 Å². The number of amides is 1. The van der Waals surface area contributed by atoms with Crippen LogP contribution in [0.4, 0.5) is 13.2 Å². The van der Waals surface area contributed by atoms with Crippen molar-refractivity contribution in [2.45, 2.75) is 19.6 Å². The summed E-state index contributed by atoms with van der Waals surface area (Å²) in [6.45, 7) is 4.89. The number of piperazine rings is 1. The highest BCUT2D eigenvalue weighted by Gasteiger charge is 2.34. The number of amidine groups is 1. The van der Waals surface area contributed by atoms with Crippen molar-refractivity contribution >= 4 is 57.4 Å². The van der Waals surface area contributed by atoms with Gasteiger partial charge in [0.15, 0.2) is 5.17 Å². The number of esters is 1. The third-order valence-electron chi connectivity index (χ3n) is 6.57. The average molecular weight is 592 g/mol. The molecule has 2 aromatic carbocycles. The molecule has 2 aliphatic heterocycles. The second kappa shape index (κ2) is 11.6. The second-order valence-corrected chi connectivity index (χ2v) is 10.7. The number of ether oxygens (including phenoxy) is 1. The third-order valence-corrected chi connectivity index (χ3v) is 7.85. The quantitative estimate of drug-likeness (QED) is 0.298. The van der Waals surface area contributed by atoms with E-state index in [1.165, 1.54) is 28.6 Å². The van der Waals surface area contributed by atoms with Gasteiger partial charge < -0.3 is 9.64 Å². The van der Waals surface area contributed by atoms with Crippen molar-refractivity contribution < 1.29 is 27.5 Å². The maximum Gasteiger partial charge on any atom is 0.416 e.